The number of aromatic nitrogens is 2. The smallest absolute Gasteiger partial charge is 0.0596 e. The van der Waals surface area contributed by atoms with Crippen LogP contribution in [-0.2, 0) is 6.54 Å². The SMILES string of the molecule is C=CCNCCCn1nc(C)cc1C. The molecule has 0 radical (unpaired) electrons. The minimum atomic E-state index is 0.886. The zero-order valence-electron chi connectivity index (χ0n) is 9.08. The van der Waals surface area contributed by atoms with Gasteiger partial charge in [-0.1, -0.05) is 6.08 Å². The first kappa shape index (κ1) is 11.0. The summed E-state index contributed by atoms with van der Waals surface area (Å²) in [4.78, 5) is 0. The van der Waals surface area contributed by atoms with Gasteiger partial charge in [0.1, 0.15) is 0 Å². The van der Waals surface area contributed by atoms with Gasteiger partial charge in [0.05, 0.1) is 5.69 Å². The van der Waals surface area contributed by atoms with E-state index in [2.05, 4.69) is 34.7 Å². The summed E-state index contributed by atoms with van der Waals surface area (Å²) in [6.45, 7) is 10.7. The molecule has 0 spiro atoms. The average Bonchev–Trinajstić information content (AvgIpc) is 2.45. The maximum atomic E-state index is 4.40. The van der Waals surface area contributed by atoms with E-state index in [4.69, 9.17) is 0 Å². The van der Waals surface area contributed by atoms with Crippen LogP contribution in [0.5, 0.6) is 0 Å². The van der Waals surface area contributed by atoms with Crippen molar-refractivity contribution in [1.82, 2.24) is 15.1 Å². The minimum absolute atomic E-state index is 0.886. The molecular formula is C11H19N3. The van der Waals surface area contributed by atoms with Crippen LogP contribution in [-0.4, -0.2) is 22.9 Å². The zero-order chi connectivity index (χ0) is 10.4. The summed E-state index contributed by atoms with van der Waals surface area (Å²) < 4.78 is 2.06. The Morgan fingerprint density at radius 3 is 2.93 bits per heavy atom. The van der Waals surface area contributed by atoms with Crippen molar-refractivity contribution in [1.29, 1.82) is 0 Å². The van der Waals surface area contributed by atoms with E-state index in [1.165, 1.54) is 5.69 Å². The van der Waals surface area contributed by atoms with Crippen molar-refractivity contribution in [3.63, 3.8) is 0 Å². The lowest BCUT2D eigenvalue weighted by Gasteiger charge is -2.04. The van der Waals surface area contributed by atoms with E-state index in [-0.39, 0.29) is 0 Å². The highest BCUT2D eigenvalue weighted by Gasteiger charge is 1.99. The lowest BCUT2D eigenvalue weighted by molar-refractivity contribution is 0.542. The molecule has 0 atom stereocenters. The number of hydrogen-bond acceptors (Lipinski definition) is 2. The Labute approximate surface area is 85.8 Å². The first-order valence-corrected chi connectivity index (χ1v) is 5.06. The predicted octanol–water partition coefficient (Wildman–Crippen LogP) is 1.67. The van der Waals surface area contributed by atoms with Gasteiger partial charge in [-0.2, -0.15) is 5.10 Å². The molecule has 78 valence electrons. The van der Waals surface area contributed by atoms with E-state index in [1.807, 2.05) is 13.0 Å². The Balaban J connectivity index is 2.24. The van der Waals surface area contributed by atoms with Gasteiger partial charge in [-0.3, -0.25) is 4.68 Å². The second kappa shape index (κ2) is 5.60. The van der Waals surface area contributed by atoms with Gasteiger partial charge in [-0.05, 0) is 32.9 Å². The van der Waals surface area contributed by atoms with Crippen molar-refractivity contribution < 1.29 is 0 Å². The third-order valence-corrected chi connectivity index (χ3v) is 2.12. The molecule has 0 unspecified atom stereocenters. The fourth-order valence-corrected chi connectivity index (χ4v) is 1.46. The van der Waals surface area contributed by atoms with Crippen LogP contribution in [0.3, 0.4) is 0 Å². The monoisotopic (exact) mass is 193 g/mol. The molecule has 1 rings (SSSR count). The summed E-state index contributed by atoms with van der Waals surface area (Å²) in [6, 6.07) is 2.11. The van der Waals surface area contributed by atoms with Crippen molar-refractivity contribution in [2.45, 2.75) is 26.8 Å². The highest BCUT2D eigenvalue weighted by atomic mass is 15.3. The highest BCUT2D eigenvalue weighted by Crippen LogP contribution is 2.01. The van der Waals surface area contributed by atoms with E-state index in [9.17, 15) is 0 Å². The van der Waals surface area contributed by atoms with Gasteiger partial charge in [-0.25, -0.2) is 0 Å². The molecule has 0 aliphatic carbocycles. The van der Waals surface area contributed by atoms with Crippen molar-refractivity contribution in [3.05, 3.63) is 30.1 Å². The summed E-state index contributed by atoms with van der Waals surface area (Å²) >= 11 is 0. The molecule has 1 N–H and O–H groups in total. The van der Waals surface area contributed by atoms with Gasteiger partial charge in [0.15, 0.2) is 0 Å². The molecule has 0 saturated carbocycles. The molecule has 0 amide bonds. The summed E-state index contributed by atoms with van der Waals surface area (Å²) in [6.07, 6.45) is 2.99. The Bertz CT molecular complexity index is 289. The van der Waals surface area contributed by atoms with Crippen LogP contribution in [0.4, 0.5) is 0 Å². The Kier molecular flexibility index (Phi) is 4.40. The molecule has 3 nitrogen and oxygen atoms in total. The topological polar surface area (TPSA) is 29.9 Å². The van der Waals surface area contributed by atoms with E-state index >= 15 is 0 Å². The summed E-state index contributed by atoms with van der Waals surface area (Å²) in [5.41, 5.74) is 2.34. The Morgan fingerprint density at radius 1 is 1.57 bits per heavy atom. The number of nitrogens with one attached hydrogen (secondary N) is 1. The fourth-order valence-electron chi connectivity index (χ4n) is 1.46. The second-order valence-electron chi connectivity index (χ2n) is 3.50. The molecule has 14 heavy (non-hydrogen) atoms. The first-order chi connectivity index (χ1) is 6.74. The maximum absolute atomic E-state index is 4.40. The number of nitrogens with zero attached hydrogens (tertiary/aromatic N) is 2. The van der Waals surface area contributed by atoms with Crippen molar-refractivity contribution in [2.24, 2.45) is 0 Å². The predicted molar refractivity (Wildman–Crippen MR) is 59.4 cm³/mol. The molecule has 0 aliphatic rings. The van der Waals surface area contributed by atoms with Crippen LogP contribution in [0.15, 0.2) is 18.7 Å². The molecule has 0 bridgehead atoms. The Hall–Kier alpha value is -1.09. The number of aryl methyl sites for hydroxylation is 3. The van der Waals surface area contributed by atoms with Crippen LogP contribution < -0.4 is 5.32 Å². The minimum Gasteiger partial charge on any atom is -0.313 e. The molecular weight excluding hydrogens is 174 g/mol. The number of rotatable bonds is 6. The lowest BCUT2D eigenvalue weighted by atomic mass is 10.4. The molecule has 0 aromatic carbocycles. The molecule has 1 aromatic rings. The summed E-state index contributed by atoms with van der Waals surface area (Å²) in [7, 11) is 0. The lowest BCUT2D eigenvalue weighted by Crippen LogP contribution is -2.17. The van der Waals surface area contributed by atoms with E-state index in [0.717, 1.165) is 31.7 Å². The van der Waals surface area contributed by atoms with Gasteiger partial charge >= 0.3 is 0 Å². The summed E-state index contributed by atoms with van der Waals surface area (Å²) in [5, 5.41) is 7.67. The molecule has 0 fully saturated rings. The van der Waals surface area contributed by atoms with Crippen molar-refractivity contribution >= 4 is 0 Å². The third-order valence-electron chi connectivity index (χ3n) is 2.12. The molecule has 0 saturated heterocycles. The molecule has 1 heterocycles. The fraction of sp³-hybridized carbons (Fsp3) is 0.545. The van der Waals surface area contributed by atoms with Gasteiger partial charge in [0, 0.05) is 18.8 Å². The van der Waals surface area contributed by atoms with Gasteiger partial charge in [0.2, 0.25) is 0 Å². The van der Waals surface area contributed by atoms with Crippen molar-refractivity contribution in [3.8, 4) is 0 Å². The highest BCUT2D eigenvalue weighted by molar-refractivity contribution is 5.06. The van der Waals surface area contributed by atoms with Crippen LogP contribution in [0.1, 0.15) is 17.8 Å². The van der Waals surface area contributed by atoms with Gasteiger partial charge in [-0.15, -0.1) is 6.58 Å². The quantitative estimate of drug-likeness (QED) is 0.550. The van der Waals surface area contributed by atoms with Crippen LogP contribution in [0, 0.1) is 13.8 Å². The van der Waals surface area contributed by atoms with Crippen molar-refractivity contribution in [2.75, 3.05) is 13.1 Å². The maximum Gasteiger partial charge on any atom is 0.0596 e. The summed E-state index contributed by atoms with van der Waals surface area (Å²) in [5.74, 6) is 0. The van der Waals surface area contributed by atoms with Crippen LogP contribution >= 0.6 is 0 Å². The first-order valence-electron chi connectivity index (χ1n) is 5.06. The van der Waals surface area contributed by atoms with E-state index in [0.29, 0.717) is 0 Å². The van der Waals surface area contributed by atoms with E-state index in [1.54, 1.807) is 0 Å². The second-order valence-corrected chi connectivity index (χ2v) is 3.50. The third kappa shape index (κ3) is 3.34. The molecule has 3 heteroatoms. The standard InChI is InChI=1S/C11H19N3/c1-4-6-12-7-5-8-14-11(3)9-10(2)13-14/h4,9,12H,1,5-8H2,2-3H3. The zero-order valence-corrected chi connectivity index (χ0v) is 9.08. The van der Waals surface area contributed by atoms with E-state index < -0.39 is 0 Å². The molecule has 0 aliphatic heterocycles. The molecule has 1 aromatic heterocycles. The normalized spacial score (nSPS) is 10.4. The Morgan fingerprint density at radius 2 is 2.36 bits per heavy atom. The van der Waals surface area contributed by atoms with Gasteiger partial charge in [0.25, 0.3) is 0 Å². The average molecular weight is 193 g/mol. The van der Waals surface area contributed by atoms with Crippen LogP contribution in [0.2, 0.25) is 0 Å². The number of hydrogen-bond donors (Lipinski definition) is 1. The van der Waals surface area contributed by atoms with Gasteiger partial charge < -0.3 is 5.32 Å². The van der Waals surface area contributed by atoms with Crippen LogP contribution in [0.25, 0.3) is 0 Å². The largest absolute Gasteiger partial charge is 0.313 e.